The van der Waals surface area contributed by atoms with Crippen molar-refractivity contribution in [3.8, 4) is 0 Å². The monoisotopic (exact) mass is 238 g/mol. The van der Waals surface area contributed by atoms with Gasteiger partial charge in [0.05, 0.1) is 6.61 Å². The lowest BCUT2D eigenvalue weighted by molar-refractivity contribution is -0.140. The third-order valence-electron chi connectivity index (χ3n) is 2.20. The molecular weight excluding hydrogens is 220 g/mol. The van der Waals surface area contributed by atoms with E-state index in [2.05, 4.69) is 15.3 Å². The van der Waals surface area contributed by atoms with Gasteiger partial charge in [0.25, 0.3) is 0 Å². The Morgan fingerprint density at radius 2 is 2.24 bits per heavy atom. The van der Waals surface area contributed by atoms with Crippen LogP contribution in [0, 0.1) is 0 Å². The number of anilines is 2. The summed E-state index contributed by atoms with van der Waals surface area (Å²) in [5.74, 6) is 0.877. The van der Waals surface area contributed by atoms with Gasteiger partial charge in [-0.15, -0.1) is 0 Å². The van der Waals surface area contributed by atoms with Crippen molar-refractivity contribution in [3.63, 3.8) is 0 Å². The van der Waals surface area contributed by atoms with Gasteiger partial charge < -0.3 is 15.8 Å². The number of rotatable bonds is 5. The first-order chi connectivity index (χ1) is 8.06. The summed E-state index contributed by atoms with van der Waals surface area (Å²) in [6.07, 6.45) is 1.37. The molecule has 94 valence electrons. The molecule has 1 heterocycles. The third-order valence-corrected chi connectivity index (χ3v) is 2.20. The lowest BCUT2D eigenvalue weighted by Crippen LogP contribution is -2.19. The van der Waals surface area contributed by atoms with E-state index < -0.39 is 0 Å². The summed E-state index contributed by atoms with van der Waals surface area (Å²) in [7, 11) is 0. The predicted molar refractivity (Wildman–Crippen MR) is 65.7 cm³/mol. The van der Waals surface area contributed by atoms with E-state index in [1.807, 2.05) is 13.8 Å². The van der Waals surface area contributed by atoms with Gasteiger partial charge in [-0.25, -0.2) is 9.97 Å². The summed E-state index contributed by atoms with van der Waals surface area (Å²) in [6, 6.07) is 0. The van der Waals surface area contributed by atoms with Crippen LogP contribution in [0.2, 0.25) is 0 Å². The summed E-state index contributed by atoms with van der Waals surface area (Å²) in [6.45, 7) is 6.18. The van der Waals surface area contributed by atoms with Crippen LogP contribution >= 0.6 is 0 Å². The molecule has 1 aromatic rings. The molecule has 0 aliphatic heterocycles. The van der Waals surface area contributed by atoms with Crippen LogP contribution in [0.5, 0.6) is 0 Å². The number of ether oxygens (including phenoxy) is 1. The smallest absolute Gasteiger partial charge is 0.325 e. The highest BCUT2D eigenvalue weighted by Gasteiger charge is 2.13. The first kappa shape index (κ1) is 13.2. The Morgan fingerprint density at radius 3 is 2.82 bits per heavy atom. The highest BCUT2D eigenvalue weighted by molar-refractivity contribution is 5.75. The van der Waals surface area contributed by atoms with Crippen LogP contribution in [0.25, 0.3) is 0 Å². The van der Waals surface area contributed by atoms with Crippen molar-refractivity contribution in [2.45, 2.75) is 26.7 Å². The molecule has 0 unspecified atom stereocenters. The molecule has 0 aromatic carbocycles. The quantitative estimate of drug-likeness (QED) is 0.748. The van der Waals surface area contributed by atoms with Gasteiger partial charge in [0.15, 0.2) is 0 Å². The zero-order chi connectivity index (χ0) is 12.8. The Labute approximate surface area is 101 Å². The molecule has 0 bridgehead atoms. The SMILES string of the molecule is CCOC(=O)CNc1ncnc(N)c1C(C)C. The molecule has 0 aliphatic rings. The van der Waals surface area contributed by atoms with E-state index in [-0.39, 0.29) is 18.4 Å². The van der Waals surface area contributed by atoms with Crippen molar-refractivity contribution in [1.82, 2.24) is 9.97 Å². The van der Waals surface area contributed by atoms with Crippen molar-refractivity contribution < 1.29 is 9.53 Å². The van der Waals surface area contributed by atoms with Crippen LogP contribution in [0.4, 0.5) is 11.6 Å². The van der Waals surface area contributed by atoms with E-state index in [0.717, 1.165) is 5.56 Å². The Kier molecular flexibility index (Phi) is 4.68. The molecule has 17 heavy (non-hydrogen) atoms. The first-order valence-electron chi connectivity index (χ1n) is 5.56. The number of esters is 1. The average molecular weight is 238 g/mol. The van der Waals surface area contributed by atoms with Crippen molar-refractivity contribution in [3.05, 3.63) is 11.9 Å². The van der Waals surface area contributed by atoms with Crippen molar-refractivity contribution in [2.75, 3.05) is 24.2 Å². The number of carbonyl (C=O) groups is 1. The largest absolute Gasteiger partial charge is 0.465 e. The normalized spacial score (nSPS) is 10.4. The number of aromatic nitrogens is 2. The maximum atomic E-state index is 11.2. The molecule has 6 heteroatoms. The molecule has 6 nitrogen and oxygen atoms in total. The Morgan fingerprint density at radius 1 is 1.53 bits per heavy atom. The van der Waals surface area contributed by atoms with E-state index in [1.165, 1.54) is 6.33 Å². The minimum absolute atomic E-state index is 0.0734. The average Bonchev–Trinajstić information content (AvgIpc) is 2.26. The molecule has 0 aliphatic carbocycles. The van der Waals surface area contributed by atoms with E-state index in [1.54, 1.807) is 6.92 Å². The van der Waals surface area contributed by atoms with Crippen LogP contribution in [-0.2, 0) is 9.53 Å². The number of hydrogen-bond acceptors (Lipinski definition) is 6. The fraction of sp³-hybridized carbons (Fsp3) is 0.545. The van der Waals surface area contributed by atoms with Gasteiger partial charge in [0, 0.05) is 5.56 Å². The molecule has 0 saturated heterocycles. The van der Waals surface area contributed by atoms with Crippen LogP contribution in [-0.4, -0.2) is 29.1 Å². The third kappa shape index (κ3) is 3.58. The predicted octanol–water partition coefficient (Wildman–Crippen LogP) is 1.16. The van der Waals surface area contributed by atoms with E-state index in [0.29, 0.717) is 18.2 Å². The minimum Gasteiger partial charge on any atom is -0.465 e. The minimum atomic E-state index is -0.320. The summed E-state index contributed by atoms with van der Waals surface area (Å²) in [4.78, 5) is 19.2. The number of carbonyl (C=O) groups excluding carboxylic acids is 1. The Hall–Kier alpha value is -1.85. The molecule has 1 rings (SSSR count). The summed E-state index contributed by atoms with van der Waals surface area (Å²) < 4.78 is 4.82. The molecule has 0 fully saturated rings. The molecule has 0 spiro atoms. The molecule has 0 radical (unpaired) electrons. The van der Waals surface area contributed by atoms with Crippen molar-refractivity contribution in [2.24, 2.45) is 0 Å². The molecule has 0 amide bonds. The lowest BCUT2D eigenvalue weighted by atomic mass is 10.0. The lowest BCUT2D eigenvalue weighted by Gasteiger charge is -2.14. The molecule has 0 atom stereocenters. The maximum Gasteiger partial charge on any atom is 0.325 e. The van der Waals surface area contributed by atoms with Gasteiger partial charge in [0.1, 0.15) is 24.5 Å². The van der Waals surface area contributed by atoms with Gasteiger partial charge in [0.2, 0.25) is 0 Å². The van der Waals surface area contributed by atoms with Gasteiger partial charge in [-0.05, 0) is 12.8 Å². The van der Waals surface area contributed by atoms with Gasteiger partial charge in [-0.2, -0.15) is 0 Å². The second-order valence-electron chi connectivity index (χ2n) is 3.83. The van der Waals surface area contributed by atoms with Crippen molar-refractivity contribution in [1.29, 1.82) is 0 Å². The number of nitrogens with zero attached hydrogens (tertiary/aromatic N) is 2. The fourth-order valence-electron chi connectivity index (χ4n) is 1.49. The van der Waals surface area contributed by atoms with E-state index in [9.17, 15) is 4.79 Å². The van der Waals surface area contributed by atoms with Gasteiger partial charge >= 0.3 is 5.97 Å². The van der Waals surface area contributed by atoms with E-state index >= 15 is 0 Å². The zero-order valence-corrected chi connectivity index (χ0v) is 10.4. The van der Waals surface area contributed by atoms with Crippen LogP contribution in [0.15, 0.2) is 6.33 Å². The highest BCUT2D eigenvalue weighted by Crippen LogP contribution is 2.25. The summed E-state index contributed by atoms with van der Waals surface area (Å²) in [5.41, 5.74) is 6.60. The molecule has 1 aromatic heterocycles. The first-order valence-corrected chi connectivity index (χ1v) is 5.56. The fourth-order valence-corrected chi connectivity index (χ4v) is 1.49. The van der Waals surface area contributed by atoms with Crippen LogP contribution < -0.4 is 11.1 Å². The Balaban J connectivity index is 2.77. The summed E-state index contributed by atoms with van der Waals surface area (Å²) in [5, 5.41) is 2.91. The van der Waals surface area contributed by atoms with Crippen molar-refractivity contribution >= 4 is 17.6 Å². The molecule has 3 N–H and O–H groups in total. The molecule has 0 saturated carbocycles. The second-order valence-corrected chi connectivity index (χ2v) is 3.83. The van der Waals surface area contributed by atoms with Gasteiger partial charge in [-0.1, -0.05) is 13.8 Å². The highest BCUT2D eigenvalue weighted by atomic mass is 16.5. The second kappa shape index (κ2) is 6.03. The number of nitrogen functional groups attached to an aromatic ring is 1. The van der Waals surface area contributed by atoms with E-state index in [4.69, 9.17) is 10.5 Å². The number of nitrogens with one attached hydrogen (secondary N) is 1. The summed E-state index contributed by atoms with van der Waals surface area (Å²) >= 11 is 0. The number of hydrogen-bond donors (Lipinski definition) is 2. The standard InChI is InChI=1S/C11H18N4O2/c1-4-17-8(16)5-13-11-9(7(2)3)10(12)14-6-15-11/h6-7H,4-5H2,1-3H3,(H3,12,13,14,15). The molecular formula is C11H18N4O2. The van der Waals surface area contributed by atoms with Crippen LogP contribution in [0.3, 0.4) is 0 Å². The van der Waals surface area contributed by atoms with Gasteiger partial charge in [-0.3, -0.25) is 4.79 Å². The number of nitrogens with two attached hydrogens (primary N) is 1. The topological polar surface area (TPSA) is 90.1 Å². The van der Waals surface area contributed by atoms with Crippen LogP contribution in [0.1, 0.15) is 32.3 Å². The Bertz CT molecular complexity index is 393. The zero-order valence-electron chi connectivity index (χ0n) is 10.4. The maximum absolute atomic E-state index is 11.2.